The van der Waals surface area contributed by atoms with E-state index in [2.05, 4.69) is 20.9 Å². The molecule has 0 radical (unpaired) electrons. The summed E-state index contributed by atoms with van der Waals surface area (Å²) >= 11 is 8.69. The number of hydrogen-bond acceptors (Lipinski definition) is 1. The van der Waals surface area contributed by atoms with Crippen LogP contribution in [0.4, 0.5) is 8.78 Å². The molecular weight excluding hydrogens is 263 g/mol. The minimum atomic E-state index is -2.56. The molecular formula is C8H7BrClF2N. The van der Waals surface area contributed by atoms with Gasteiger partial charge in [-0.1, -0.05) is 0 Å². The average Bonchev–Trinajstić information content (AvgIpc) is 2.09. The summed E-state index contributed by atoms with van der Waals surface area (Å²) < 4.78 is 25.0. The van der Waals surface area contributed by atoms with E-state index < -0.39 is 6.43 Å². The molecule has 0 amide bonds. The summed E-state index contributed by atoms with van der Waals surface area (Å²) in [6.45, 7) is 1.78. The number of rotatable bonds is 2. The molecule has 0 aromatic carbocycles. The second-order valence-electron chi connectivity index (χ2n) is 2.56. The molecule has 5 heteroatoms. The molecule has 1 heterocycles. The van der Waals surface area contributed by atoms with Crippen LogP contribution in [0.1, 0.15) is 23.2 Å². The van der Waals surface area contributed by atoms with Gasteiger partial charge in [0.1, 0.15) is 10.3 Å². The van der Waals surface area contributed by atoms with Crippen molar-refractivity contribution < 1.29 is 8.78 Å². The highest BCUT2D eigenvalue weighted by atomic mass is 79.9. The van der Waals surface area contributed by atoms with Gasteiger partial charge in [0.05, 0.1) is 0 Å². The Bertz CT molecular complexity index is 317. The van der Waals surface area contributed by atoms with E-state index in [-0.39, 0.29) is 11.6 Å². The van der Waals surface area contributed by atoms with Crippen molar-refractivity contribution in [2.45, 2.75) is 19.2 Å². The predicted octanol–water partition coefficient (Wildman–Crippen LogP) is 3.83. The molecule has 0 saturated carbocycles. The maximum absolute atomic E-state index is 12.3. The molecule has 13 heavy (non-hydrogen) atoms. The third-order valence-corrected chi connectivity index (χ3v) is 2.77. The highest BCUT2D eigenvalue weighted by Gasteiger charge is 2.13. The number of halogens is 4. The fourth-order valence-electron chi connectivity index (χ4n) is 0.899. The number of hydrogen-bond donors (Lipinski definition) is 0. The van der Waals surface area contributed by atoms with E-state index in [4.69, 9.17) is 11.6 Å². The molecule has 0 aliphatic heterocycles. The van der Waals surface area contributed by atoms with Crippen molar-refractivity contribution >= 4 is 27.5 Å². The standard InChI is InChI=1S/C8H7BrClF2N/c1-4-5(3-10)2-6(8(11)12)13-7(4)9/h2,8H,3H2,1H3. The summed E-state index contributed by atoms with van der Waals surface area (Å²) in [5.41, 5.74) is 1.24. The Morgan fingerprint density at radius 3 is 2.69 bits per heavy atom. The van der Waals surface area contributed by atoms with Crippen molar-refractivity contribution in [2.75, 3.05) is 0 Å². The van der Waals surface area contributed by atoms with Gasteiger partial charge in [0.2, 0.25) is 0 Å². The summed E-state index contributed by atoms with van der Waals surface area (Å²) in [4.78, 5) is 3.69. The Morgan fingerprint density at radius 2 is 2.23 bits per heavy atom. The summed E-state index contributed by atoms with van der Waals surface area (Å²) in [7, 11) is 0. The van der Waals surface area contributed by atoms with Crippen molar-refractivity contribution in [3.8, 4) is 0 Å². The SMILES string of the molecule is Cc1c(CCl)cc(C(F)F)nc1Br. The molecule has 0 aliphatic rings. The van der Waals surface area contributed by atoms with Gasteiger partial charge in [-0.25, -0.2) is 13.8 Å². The largest absolute Gasteiger partial charge is 0.280 e. The molecule has 0 bridgehead atoms. The first-order chi connectivity index (χ1) is 6.06. The van der Waals surface area contributed by atoms with Crippen molar-refractivity contribution in [2.24, 2.45) is 0 Å². The van der Waals surface area contributed by atoms with Crippen molar-refractivity contribution in [3.63, 3.8) is 0 Å². The second kappa shape index (κ2) is 4.33. The molecule has 1 aromatic rings. The van der Waals surface area contributed by atoms with Gasteiger partial charge in [-0.15, -0.1) is 11.6 Å². The molecule has 0 aliphatic carbocycles. The number of nitrogens with zero attached hydrogens (tertiary/aromatic N) is 1. The molecule has 72 valence electrons. The third-order valence-electron chi connectivity index (χ3n) is 1.71. The number of pyridine rings is 1. The van der Waals surface area contributed by atoms with Crippen LogP contribution in [0.25, 0.3) is 0 Å². The van der Waals surface area contributed by atoms with E-state index in [0.717, 1.165) is 5.56 Å². The fourth-order valence-corrected chi connectivity index (χ4v) is 1.64. The summed E-state index contributed by atoms with van der Waals surface area (Å²) in [6.07, 6.45) is -2.56. The maximum atomic E-state index is 12.3. The van der Waals surface area contributed by atoms with Crippen LogP contribution in [0.5, 0.6) is 0 Å². The van der Waals surface area contributed by atoms with Gasteiger partial charge in [-0.3, -0.25) is 0 Å². The fraction of sp³-hybridized carbons (Fsp3) is 0.375. The smallest absolute Gasteiger partial charge is 0.240 e. The highest BCUT2D eigenvalue weighted by molar-refractivity contribution is 9.10. The van der Waals surface area contributed by atoms with Gasteiger partial charge in [0.25, 0.3) is 6.43 Å². The molecule has 0 N–H and O–H groups in total. The Morgan fingerprint density at radius 1 is 1.62 bits per heavy atom. The van der Waals surface area contributed by atoms with Crippen molar-refractivity contribution in [1.29, 1.82) is 0 Å². The van der Waals surface area contributed by atoms with E-state index >= 15 is 0 Å². The van der Waals surface area contributed by atoms with Crippen LogP contribution in [0, 0.1) is 6.92 Å². The summed E-state index contributed by atoms with van der Waals surface area (Å²) in [5, 5.41) is 0. The number of alkyl halides is 3. The predicted molar refractivity (Wildman–Crippen MR) is 51.2 cm³/mol. The summed E-state index contributed by atoms with van der Waals surface area (Å²) in [6, 6.07) is 1.33. The zero-order valence-corrected chi connectivity index (χ0v) is 9.16. The summed E-state index contributed by atoms with van der Waals surface area (Å²) in [5.74, 6) is 0.215. The van der Waals surface area contributed by atoms with E-state index in [1.165, 1.54) is 6.07 Å². The van der Waals surface area contributed by atoms with Crippen LogP contribution in [-0.2, 0) is 5.88 Å². The monoisotopic (exact) mass is 269 g/mol. The molecule has 0 saturated heterocycles. The van der Waals surface area contributed by atoms with Gasteiger partial charge in [-0.2, -0.15) is 0 Å². The Hall–Kier alpha value is -0.220. The molecule has 0 unspecified atom stereocenters. The topological polar surface area (TPSA) is 12.9 Å². The maximum Gasteiger partial charge on any atom is 0.280 e. The van der Waals surface area contributed by atoms with Crippen LogP contribution in [0.3, 0.4) is 0 Å². The Balaban J connectivity index is 3.22. The van der Waals surface area contributed by atoms with Crippen LogP contribution < -0.4 is 0 Å². The van der Waals surface area contributed by atoms with Crippen LogP contribution in [-0.4, -0.2) is 4.98 Å². The Kier molecular flexibility index (Phi) is 3.62. The van der Waals surface area contributed by atoms with Crippen LogP contribution in [0.15, 0.2) is 10.7 Å². The normalized spacial score (nSPS) is 10.9. The lowest BCUT2D eigenvalue weighted by atomic mass is 10.1. The van der Waals surface area contributed by atoms with E-state index in [9.17, 15) is 8.78 Å². The lowest BCUT2D eigenvalue weighted by molar-refractivity contribution is 0.145. The first-order valence-corrected chi connectivity index (χ1v) is 4.89. The minimum absolute atomic E-state index is 0.215. The van der Waals surface area contributed by atoms with E-state index in [1.807, 2.05) is 0 Å². The number of aromatic nitrogens is 1. The molecule has 0 atom stereocenters. The first-order valence-electron chi connectivity index (χ1n) is 3.56. The Labute approximate surface area is 88.2 Å². The second-order valence-corrected chi connectivity index (χ2v) is 3.57. The minimum Gasteiger partial charge on any atom is -0.240 e. The van der Waals surface area contributed by atoms with E-state index in [0.29, 0.717) is 10.2 Å². The average molecular weight is 271 g/mol. The van der Waals surface area contributed by atoms with Crippen LogP contribution >= 0.6 is 27.5 Å². The highest BCUT2D eigenvalue weighted by Crippen LogP contribution is 2.25. The van der Waals surface area contributed by atoms with Crippen LogP contribution in [0.2, 0.25) is 0 Å². The quantitative estimate of drug-likeness (QED) is 0.588. The van der Waals surface area contributed by atoms with Gasteiger partial charge >= 0.3 is 0 Å². The van der Waals surface area contributed by atoms with Gasteiger partial charge in [-0.05, 0) is 40.0 Å². The zero-order valence-electron chi connectivity index (χ0n) is 6.82. The first kappa shape index (κ1) is 10.9. The molecule has 0 fully saturated rings. The molecule has 1 rings (SSSR count). The van der Waals surface area contributed by atoms with Crippen molar-refractivity contribution in [1.82, 2.24) is 4.98 Å². The zero-order chi connectivity index (χ0) is 10.0. The molecule has 0 spiro atoms. The molecule has 1 nitrogen and oxygen atoms in total. The lowest BCUT2D eigenvalue weighted by Crippen LogP contribution is -1.97. The van der Waals surface area contributed by atoms with E-state index in [1.54, 1.807) is 6.92 Å². The van der Waals surface area contributed by atoms with Gasteiger partial charge < -0.3 is 0 Å². The lowest BCUT2D eigenvalue weighted by Gasteiger charge is -2.07. The third kappa shape index (κ3) is 2.38. The van der Waals surface area contributed by atoms with Gasteiger partial charge in [0.15, 0.2) is 0 Å². The molecule has 1 aromatic heterocycles. The van der Waals surface area contributed by atoms with Crippen molar-refractivity contribution in [3.05, 3.63) is 27.5 Å². The van der Waals surface area contributed by atoms with Gasteiger partial charge in [0, 0.05) is 5.88 Å².